The highest BCUT2D eigenvalue weighted by Gasteiger charge is 2.22. The molecule has 0 aliphatic carbocycles. The van der Waals surface area contributed by atoms with Gasteiger partial charge in [0.2, 0.25) is 0 Å². The molecule has 5 heteroatoms. The van der Waals surface area contributed by atoms with Crippen LogP contribution < -0.4 is 4.74 Å². The summed E-state index contributed by atoms with van der Waals surface area (Å²) in [4.78, 5) is 16.3. The van der Waals surface area contributed by atoms with Crippen molar-refractivity contribution < 1.29 is 13.9 Å². The van der Waals surface area contributed by atoms with Crippen molar-refractivity contribution in [3.63, 3.8) is 0 Å². The van der Waals surface area contributed by atoms with E-state index in [0.29, 0.717) is 30.9 Å². The van der Waals surface area contributed by atoms with Gasteiger partial charge in [0.1, 0.15) is 11.6 Å². The highest BCUT2D eigenvalue weighted by Crippen LogP contribution is 2.14. The molecule has 0 radical (unpaired) electrons. The Balaban J connectivity index is 1.44. The fourth-order valence-corrected chi connectivity index (χ4v) is 2.89. The van der Waals surface area contributed by atoms with Crippen LogP contribution in [0, 0.1) is 12.7 Å². The number of nitrogens with zero attached hydrogens (tertiary/aromatic N) is 2. The predicted molar refractivity (Wildman–Crippen MR) is 94.9 cm³/mol. The number of ether oxygens (including phenoxy) is 1. The Labute approximate surface area is 147 Å². The van der Waals surface area contributed by atoms with Crippen LogP contribution in [0.1, 0.15) is 11.1 Å². The van der Waals surface area contributed by atoms with E-state index in [1.165, 1.54) is 6.07 Å². The van der Waals surface area contributed by atoms with Gasteiger partial charge in [0.05, 0.1) is 0 Å². The van der Waals surface area contributed by atoms with Gasteiger partial charge in [-0.3, -0.25) is 9.69 Å². The summed E-state index contributed by atoms with van der Waals surface area (Å²) in [6.45, 7) is 5.41. The Bertz CT molecular complexity index is 710. The second-order valence-electron chi connectivity index (χ2n) is 6.35. The van der Waals surface area contributed by atoms with Gasteiger partial charge in [0, 0.05) is 38.3 Å². The summed E-state index contributed by atoms with van der Waals surface area (Å²) >= 11 is 0. The number of hydrogen-bond acceptors (Lipinski definition) is 3. The van der Waals surface area contributed by atoms with Gasteiger partial charge in [0.25, 0.3) is 5.91 Å². The van der Waals surface area contributed by atoms with Crippen LogP contribution in [0.5, 0.6) is 5.75 Å². The van der Waals surface area contributed by atoms with Gasteiger partial charge >= 0.3 is 0 Å². The maximum absolute atomic E-state index is 13.7. The van der Waals surface area contributed by atoms with Crippen LogP contribution in [0.4, 0.5) is 4.39 Å². The van der Waals surface area contributed by atoms with Crippen molar-refractivity contribution in [2.75, 3.05) is 32.8 Å². The number of rotatable bonds is 5. The average molecular weight is 342 g/mol. The van der Waals surface area contributed by atoms with Crippen LogP contribution in [0.25, 0.3) is 0 Å². The summed E-state index contributed by atoms with van der Waals surface area (Å²) in [5.74, 6) is 0.524. The minimum atomic E-state index is -0.174. The molecule has 25 heavy (non-hydrogen) atoms. The first-order valence-electron chi connectivity index (χ1n) is 8.55. The molecule has 3 rings (SSSR count). The lowest BCUT2D eigenvalue weighted by atomic mass is 10.2. The van der Waals surface area contributed by atoms with E-state index in [4.69, 9.17) is 4.74 Å². The van der Waals surface area contributed by atoms with Gasteiger partial charge in [-0.2, -0.15) is 0 Å². The summed E-state index contributed by atoms with van der Waals surface area (Å²) in [5, 5.41) is 0. The van der Waals surface area contributed by atoms with Crippen LogP contribution in [0.2, 0.25) is 0 Å². The molecule has 2 aromatic rings. The molecule has 0 aromatic heterocycles. The van der Waals surface area contributed by atoms with E-state index in [-0.39, 0.29) is 18.3 Å². The third kappa shape index (κ3) is 4.79. The number of carbonyl (C=O) groups is 1. The van der Waals surface area contributed by atoms with Gasteiger partial charge in [-0.25, -0.2) is 4.39 Å². The van der Waals surface area contributed by atoms with E-state index >= 15 is 0 Å². The third-order valence-electron chi connectivity index (χ3n) is 4.46. The minimum Gasteiger partial charge on any atom is -0.484 e. The monoisotopic (exact) mass is 342 g/mol. The molecule has 1 aliphatic rings. The van der Waals surface area contributed by atoms with E-state index in [0.717, 1.165) is 18.7 Å². The van der Waals surface area contributed by atoms with E-state index < -0.39 is 0 Å². The summed E-state index contributed by atoms with van der Waals surface area (Å²) in [6, 6.07) is 14.5. The average Bonchev–Trinajstić information content (AvgIpc) is 2.63. The fourth-order valence-electron chi connectivity index (χ4n) is 2.89. The Kier molecular flexibility index (Phi) is 5.66. The predicted octanol–water partition coefficient (Wildman–Crippen LogP) is 2.86. The first-order valence-corrected chi connectivity index (χ1v) is 8.55. The Morgan fingerprint density at radius 1 is 1.04 bits per heavy atom. The Hall–Kier alpha value is -2.40. The van der Waals surface area contributed by atoms with E-state index in [9.17, 15) is 9.18 Å². The van der Waals surface area contributed by atoms with Crippen LogP contribution in [-0.2, 0) is 11.3 Å². The Morgan fingerprint density at radius 3 is 2.40 bits per heavy atom. The number of aryl methyl sites for hydroxylation is 1. The largest absolute Gasteiger partial charge is 0.484 e. The second-order valence-corrected chi connectivity index (χ2v) is 6.35. The quantitative estimate of drug-likeness (QED) is 0.838. The summed E-state index contributed by atoms with van der Waals surface area (Å²) in [5.41, 5.74) is 1.86. The van der Waals surface area contributed by atoms with Gasteiger partial charge in [-0.1, -0.05) is 35.9 Å². The maximum atomic E-state index is 13.7. The molecule has 1 amide bonds. The lowest BCUT2D eigenvalue weighted by Crippen LogP contribution is -2.49. The molecule has 1 saturated heterocycles. The second kappa shape index (κ2) is 8.12. The van der Waals surface area contributed by atoms with Gasteiger partial charge < -0.3 is 9.64 Å². The molecule has 1 aliphatic heterocycles. The number of hydrogen-bond donors (Lipinski definition) is 0. The molecular formula is C20H23FN2O2. The van der Waals surface area contributed by atoms with Crippen molar-refractivity contribution in [1.82, 2.24) is 9.80 Å². The molecule has 0 bridgehead atoms. The van der Waals surface area contributed by atoms with Gasteiger partial charge in [0.15, 0.2) is 6.61 Å². The SMILES string of the molecule is Cc1ccc(OCC(=O)N2CCN(Cc3ccccc3F)CC2)cc1. The summed E-state index contributed by atoms with van der Waals surface area (Å²) in [6.07, 6.45) is 0. The normalized spacial score (nSPS) is 15.2. The molecule has 0 spiro atoms. The van der Waals surface area contributed by atoms with E-state index in [2.05, 4.69) is 4.90 Å². The number of carbonyl (C=O) groups excluding carboxylic acids is 1. The zero-order valence-electron chi connectivity index (χ0n) is 14.5. The first kappa shape index (κ1) is 17.4. The standard InChI is InChI=1S/C20H23FN2O2/c1-16-6-8-18(9-7-16)25-15-20(24)23-12-10-22(11-13-23)14-17-4-2-3-5-19(17)21/h2-9H,10-15H2,1H3. The van der Waals surface area contributed by atoms with Crippen molar-refractivity contribution in [1.29, 1.82) is 0 Å². The summed E-state index contributed by atoms with van der Waals surface area (Å²) < 4.78 is 19.3. The highest BCUT2D eigenvalue weighted by molar-refractivity contribution is 5.77. The molecule has 0 N–H and O–H groups in total. The smallest absolute Gasteiger partial charge is 0.260 e. The van der Waals surface area contributed by atoms with Gasteiger partial charge in [-0.15, -0.1) is 0 Å². The number of piperazine rings is 1. The van der Waals surface area contributed by atoms with Crippen molar-refractivity contribution in [2.24, 2.45) is 0 Å². The van der Waals surface area contributed by atoms with Crippen molar-refractivity contribution in [3.8, 4) is 5.75 Å². The molecule has 1 fully saturated rings. The lowest BCUT2D eigenvalue weighted by Gasteiger charge is -2.34. The Morgan fingerprint density at radius 2 is 1.72 bits per heavy atom. The number of benzene rings is 2. The van der Waals surface area contributed by atoms with Crippen LogP contribution in [-0.4, -0.2) is 48.5 Å². The minimum absolute atomic E-state index is 0.00823. The van der Waals surface area contributed by atoms with Crippen molar-refractivity contribution in [3.05, 3.63) is 65.5 Å². The topological polar surface area (TPSA) is 32.8 Å². The molecule has 1 heterocycles. The molecule has 0 atom stereocenters. The van der Waals surface area contributed by atoms with E-state index in [1.807, 2.05) is 48.2 Å². The van der Waals surface area contributed by atoms with Crippen LogP contribution in [0.3, 0.4) is 0 Å². The molecule has 0 saturated carbocycles. The van der Waals surface area contributed by atoms with Crippen molar-refractivity contribution in [2.45, 2.75) is 13.5 Å². The third-order valence-corrected chi connectivity index (χ3v) is 4.46. The molecule has 0 unspecified atom stereocenters. The molecule has 132 valence electrons. The lowest BCUT2D eigenvalue weighted by molar-refractivity contribution is -0.135. The zero-order chi connectivity index (χ0) is 17.6. The fraction of sp³-hybridized carbons (Fsp3) is 0.350. The highest BCUT2D eigenvalue weighted by atomic mass is 19.1. The van der Waals surface area contributed by atoms with Crippen LogP contribution in [0.15, 0.2) is 48.5 Å². The first-order chi connectivity index (χ1) is 12.1. The number of amides is 1. The zero-order valence-corrected chi connectivity index (χ0v) is 14.5. The molecule has 4 nitrogen and oxygen atoms in total. The van der Waals surface area contributed by atoms with E-state index in [1.54, 1.807) is 6.07 Å². The number of halogens is 1. The maximum Gasteiger partial charge on any atom is 0.260 e. The van der Waals surface area contributed by atoms with Crippen LogP contribution >= 0.6 is 0 Å². The molecule has 2 aromatic carbocycles. The van der Waals surface area contributed by atoms with Crippen molar-refractivity contribution >= 4 is 5.91 Å². The summed E-state index contributed by atoms with van der Waals surface area (Å²) in [7, 11) is 0. The van der Waals surface area contributed by atoms with Gasteiger partial charge in [-0.05, 0) is 25.1 Å². The molecular weight excluding hydrogens is 319 g/mol.